The Balaban J connectivity index is 1.73. The molecule has 1 amide bonds. The number of para-hydroxylation sites is 1. The van der Waals surface area contributed by atoms with Crippen molar-refractivity contribution >= 4 is 5.91 Å². The summed E-state index contributed by atoms with van der Waals surface area (Å²) in [6.07, 6.45) is 0. The number of nitrogens with one attached hydrogen (secondary N) is 1. The molecular formula is C19H19N3O. The maximum atomic E-state index is 12.3. The predicted octanol–water partition coefficient (Wildman–Crippen LogP) is 3.42. The standard InChI is InChI=1S/C19H19N3O/c1-14-7-6-8-16(11-14)13-20-19(23)18-12-15(2)22(21-18)17-9-4-3-5-10-17/h3-12H,13H2,1-2H3,(H,20,23). The molecular weight excluding hydrogens is 286 g/mol. The number of hydrogen-bond acceptors (Lipinski definition) is 2. The molecule has 0 saturated carbocycles. The Bertz CT molecular complexity index is 822. The third-order valence-corrected chi connectivity index (χ3v) is 3.66. The molecule has 3 rings (SSSR count). The second-order valence-electron chi connectivity index (χ2n) is 5.59. The molecule has 1 aromatic heterocycles. The quantitative estimate of drug-likeness (QED) is 0.803. The van der Waals surface area contributed by atoms with Crippen molar-refractivity contribution in [1.29, 1.82) is 0 Å². The van der Waals surface area contributed by atoms with Crippen LogP contribution in [-0.4, -0.2) is 15.7 Å². The number of carbonyl (C=O) groups is 1. The topological polar surface area (TPSA) is 46.9 Å². The summed E-state index contributed by atoms with van der Waals surface area (Å²) >= 11 is 0. The minimum absolute atomic E-state index is 0.163. The van der Waals surface area contributed by atoms with Gasteiger partial charge in [0.25, 0.3) is 5.91 Å². The van der Waals surface area contributed by atoms with Gasteiger partial charge in [0.1, 0.15) is 0 Å². The number of hydrogen-bond donors (Lipinski definition) is 1. The minimum atomic E-state index is -0.163. The van der Waals surface area contributed by atoms with Gasteiger partial charge in [0, 0.05) is 12.2 Å². The number of benzene rings is 2. The van der Waals surface area contributed by atoms with Crippen LogP contribution in [0.1, 0.15) is 27.3 Å². The van der Waals surface area contributed by atoms with E-state index in [-0.39, 0.29) is 5.91 Å². The molecule has 1 N–H and O–H groups in total. The number of amides is 1. The molecule has 3 aromatic rings. The summed E-state index contributed by atoms with van der Waals surface area (Å²) in [5, 5.41) is 7.33. The second kappa shape index (κ2) is 6.48. The van der Waals surface area contributed by atoms with Crippen LogP contribution in [-0.2, 0) is 6.54 Å². The third-order valence-electron chi connectivity index (χ3n) is 3.66. The summed E-state index contributed by atoms with van der Waals surface area (Å²) < 4.78 is 1.78. The molecule has 116 valence electrons. The highest BCUT2D eigenvalue weighted by Crippen LogP contribution is 2.12. The molecule has 0 aliphatic rings. The number of aryl methyl sites for hydroxylation is 2. The molecule has 0 atom stereocenters. The number of nitrogens with zero attached hydrogens (tertiary/aromatic N) is 2. The van der Waals surface area contributed by atoms with Crippen molar-refractivity contribution < 1.29 is 4.79 Å². The Morgan fingerprint density at radius 3 is 2.57 bits per heavy atom. The van der Waals surface area contributed by atoms with Crippen molar-refractivity contribution in [3.63, 3.8) is 0 Å². The largest absolute Gasteiger partial charge is 0.347 e. The number of rotatable bonds is 4. The fraction of sp³-hybridized carbons (Fsp3) is 0.158. The molecule has 0 aliphatic heterocycles. The summed E-state index contributed by atoms with van der Waals surface area (Å²) in [5.74, 6) is -0.163. The van der Waals surface area contributed by atoms with Gasteiger partial charge in [0.2, 0.25) is 0 Å². The van der Waals surface area contributed by atoms with E-state index in [0.717, 1.165) is 16.9 Å². The van der Waals surface area contributed by atoms with E-state index < -0.39 is 0 Å². The van der Waals surface area contributed by atoms with Crippen LogP contribution in [0.5, 0.6) is 0 Å². The summed E-state index contributed by atoms with van der Waals surface area (Å²) in [6, 6.07) is 19.7. The van der Waals surface area contributed by atoms with Gasteiger partial charge in [-0.15, -0.1) is 0 Å². The zero-order valence-corrected chi connectivity index (χ0v) is 13.3. The smallest absolute Gasteiger partial charge is 0.272 e. The van der Waals surface area contributed by atoms with E-state index >= 15 is 0 Å². The summed E-state index contributed by atoms with van der Waals surface area (Å²) in [4.78, 5) is 12.3. The van der Waals surface area contributed by atoms with E-state index in [1.54, 1.807) is 10.7 Å². The summed E-state index contributed by atoms with van der Waals surface area (Å²) in [5.41, 5.74) is 4.57. The molecule has 2 aromatic carbocycles. The van der Waals surface area contributed by atoms with Crippen molar-refractivity contribution in [1.82, 2.24) is 15.1 Å². The molecule has 0 spiro atoms. The van der Waals surface area contributed by atoms with Gasteiger partial charge in [-0.1, -0.05) is 48.0 Å². The van der Waals surface area contributed by atoms with E-state index in [1.807, 2.05) is 62.4 Å². The van der Waals surface area contributed by atoms with Crippen LogP contribution in [0.3, 0.4) is 0 Å². The normalized spacial score (nSPS) is 10.5. The molecule has 0 fully saturated rings. The SMILES string of the molecule is Cc1cccc(CNC(=O)c2cc(C)n(-c3ccccc3)n2)c1. The molecule has 4 nitrogen and oxygen atoms in total. The van der Waals surface area contributed by atoms with Crippen LogP contribution in [0.4, 0.5) is 0 Å². The lowest BCUT2D eigenvalue weighted by molar-refractivity contribution is 0.0945. The monoisotopic (exact) mass is 305 g/mol. The molecule has 0 aliphatic carbocycles. The highest BCUT2D eigenvalue weighted by molar-refractivity contribution is 5.92. The summed E-state index contributed by atoms with van der Waals surface area (Å²) in [7, 11) is 0. The Morgan fingerprint density at radius 2 is 1.83 bits per heavy atom. The van der Waals surface area contributed by atoms with Crippen LogP contribution in [0, 0.1) is 13.8 Å². The number of carbonyl (C=O) groups excluding carboxylic acids is 1. The Hall–Kier alpha value is -2.88. The first-order valence-electron chi connectivity index (χ1n) is 7.59. The highest BCUT2D eigenvalue weighted by atomic mass is 16.1. The highest BCUT2D eigenvalue weighted by Gasteiger charge is 2.12. The zero-order chi connectivity index (χ0) is 16.2. The first kappa shape index (κ1) is 15.0. The van der Waals surface area contributed by atoms with E-state index in [0.29, 0.717) is 12.2 Å². The van der Waals surface area contributed by atoms with Gasteiger partial charge in [-0.3, -0.25) is 4.79 Å². The second-order valence-corrected chi connectivity index (χ2v) is 5.59. The molecule has 23 heavy (non-hydrogen) atoms. The van der Waals surface area contributed by atoms with E-state index in [9.17, 15) is 4.79 Å². The molecule has 0 saturated heterocycles. The third kappa shape index (κ3) is 3.48. The van der Waals surface area contributed by atoms with Gasteiger partial charge in [-0.2, -0.15) is 5.10 Å². The van der Waals surface area contributed by atoms with E-state index in [1.165, 1.54) is 5.56 Å². The van der Waals surface area contributed by atoms with E-state index in [4.69, 9.17) is 0 Å². The summed E-state index contributed by atoms with van der Waals surface area (Å²) in [6.45, 7) is 4.48. The first-order chi connectivity index (χ1) is 11.1. The lowest BCUT2D eigenvalue weighted by atomic mass is 10.1. The first-order valence-corrected chi connectivity index (χ1v) is 7.59. The molecule has 0 radical (unpaired) electrons. The fourth-order valence-corrected chi connectivity index (χ4v) is 2.51. The lowest BCUT2D eigenvalue weighted by Crippen LogP contribution is -2.23. The average molecular weight is 305 g/mol. The molecule has 0 bridgehead atoms. The maximum absolute atomic E-state index is 12.3. The van der Waals surface area contributed by atoms with Gasteiger partial charge in [-0.05, 0) is 37.6 Å². The average Bonchev–Trinajstić information content (AvgIpc) is 2.95. The van der Waals surface area contributed by atoms with Crippen LogP contribution in [0.25, 0.3) is 5.69 Å². The van der Waals surface area contributed by atoms with Crippen LogP contribution in [0.2, 0.25) is 0 Å². The Labute approximate surface area is 135 Å². The molecule has 1 heterocycles. The lowest BCUT2D eigenvalue weighted by Gasteiger charge is -2.05. The zero-order valence-electron chi connectivity index (χ0n) is 13.3. The fourth-order valence-electron chi connectivity index (χ4n) is 2.51. The van der Waals surface area contributed by atoms with Crippen LogP contribution < -0.4 is 5.32 Å². The molecule has 4 heteroatoms. The van der Waals surface area contributed by atoms with Crippen molar-refractivity contribution in [2.24, 2.45) is 0 Å². The molecule has 0 unspecified atom stereocenters. The van der Waals surface area contributed by atoms with Gasteiger partial charge in [-0.25, -0.2) is 4.68 Å². The van der Waals surface area contributed by atoms with E-state index in [2.05, 4.69) is 16.5 Å². The Morgan fingerprint density at radius 1 is 1.04 bits per heavy atom. The van der Waals surface area contributed by atoms with Crippen LogP contribution >= 0.6 is 0 Å². The maximum Gasteiger partial charge on any atom is 0.272 e. The van der Waals surface area contributed by atoms with Gasteiger partial charge < -0.3 is 5.32 Å². The van der Waals surface area contributed by atoms with Crippen LogP contribution in [0.15, 0.2) is 60.7 Å². The van der Waals surface area contributed by atoms with Gasteiger partial charge in [0.15, 0.2) is 5.69 Å². The predicted molar refractivity (Wildman–Crippen MR) is 90.7 cm³/mol. The minimum Gasteiger partial charge on any atom is -0.347 e. The Kier molecular flexibility index (Phi) is 4.24. The van der Waals surface area contributed by atoms with Crippen molar-refractivity contribution in [3.8, 4) is 5.69 Å². The van der Waals surface area contributed by atoms with Gasteiger partial charge >= 0.3 is 0 Å². The van der Waals surface area contributed by atoms with Gasteiger partial charge in [0.05, 0.1) is 5.69 Å². The number of aromatic nitrogens is 2. The van der Waals surface area contributed by atoms with Crippen molar-refractivity contribution in [2.75, 3.05) is 0 Å². The van der Waals surface area contributed by atoms with Crippen molar-refractivity contribution in [3.05, 3.63) is 83.2 Å². The van der Waals surface area contributed by atoms with Crippen molar-refractivity contribution in [2.45, 2.75) is 20.4 Å².